The van der Waals surface area contributed by atoms with Gasteiger partial charge >= 0.3 is 45.6 Å². The first-order chi connectivity index (χ1) is 3.81. The van der Waals surface area contributed by atoms with E-state index in [1.807, 2.05) is 0 Å². The normalized spacial score (nSPS) is 12.2. The second-order valence-corrected chi connectivity index (χ2v) is 1.21. The molecule has 0 aliphatic heterocycles. The molecular weight excluding hydrogens is 114 g/mol. The molecule has 0 saturated heterocycles. The molecule has 0 aromatic rings. The molecule has 0 rings (SSSR count). The first-order valence-electron chi connectivity index (χ1n) is 2.11. The van der Waals surface area contributed by atoms with Gasteiger partial charge in [-0.15, -0.1) is 0 Å². The van der Waals surface area contributed by atoms with Crippen LogP contribution in [-0.4, -0.2) is 31.8 Å². The summed E-state index contributed by atoms with van der Waals surface area (Å²) in [6, 6.07) is 0. The van der Waals surface area contributed by atoms with E-state index in [9.17, 15) is 9.10 Å². The van der Waals surface area contributed by atoms with Crippen molar-refractivity contribution >= 4 is 7.35 Å². The Labute approximate surface area is 46.7 Å². The van der Waals surface area contributed by atoms with Gasteiger partial charge in [-0.3, -0.25) is 0 Å². The molecule has 0 fully saturated rings. The monoisotopic (exact) mass is 120 g/mol. The minimum atomic E-state index is -1.44. The summed E-state index contributed by atoms with van der Waals surface area (Å²) in [6.45, 7) is -0.964. The Balaban J connectivity index is 2.97. The Morgan fingerprint density at radius 1 is 1.88 bits per heavy atom. The zero-order chi connectivity index (χ0) is 6.41. The molecule has 1 N–H and O–H groups in total. The van der Waals surface area contributed by atoms with Gasteiger partial charge in [0, 0.05) is 0 Å². The van der Waals surface area contributed by atoms with E-state index in [0.29, 0.717) is 0 Å². The zero-order valence-corrected chi connectivity index (χ0v) is 4.21. The van der Waals surface area contributed by atoms with Crippen LogP contribution in [0, 0.1) is 0 Å². The van der Waals surface area contributed by atoms with E-state index in [-0.39, 0.29) is 14.0 Å². The third-order valence-corrected chi connectivity index (χ3v) is 0.543. The summed E-state index contributed by atoms with van der Waals surface area (Å²) in [6.07, 6.45) is -1.44. The Morgan fingerprint density at radius 2 is 2.50 bits per heavy atom. The number of aliphatic hydroxyl groups excluding tert-OH is 1. The second-order valence-electron chi connectivity index (χ2n) is 1.21. The van der Waals surface area contributed by atoms with Gasteiger partial charge in [-0.1, -0.05) is 0 Å². The van der Waals surface area contributed by atoms with Gasteiger partial charge in [0.2, 0.25) is 0 Å². The van der Waals surface area contributed by atoms with Crippen molar-refractivity contribution in [3.8, 4) is 0 Å². The van der Waals surface area contributed by atoms with Crippen LogP contribution in [0.5, 0.6) is 0 Å². The number of hydrogen-bond acceptors (Lipinski definition) is 3. The van der Waals surface area contributed by atoms with Gasteiger partial charge in [0.1, 0.15) is 0 Å². The summed E-state index contributed by atoms with van der Waals surface area (Å²) in [5, 5.41) is 7.99. The molecule has 0 saturated carbocycles. The van der Waals surface area contributed by atoms with Crippen LogP contribution in [0.2, 0.25) is 0 Å². The summed E-state index contributed by atoms with van der Waals surface area (Å²) in [7, 11) is 0.141. The van der Waals surface area contributed by atoms with E-state index in [1.165, 1.54) is 0 Å². The van der Waals surface area contributed by atoms with Crippen molar-refractivity contribution in [1.29, 1.82) is 0 Å². The second kappa shape index (κ2) is 4.71. The Kier molecular flexibility index (Phi) is 4.45. The van der Waals surface area contributed by atoms with Crippen molar-refractivity contribution in [3.05, 3.63) is 0 Å². The number of alkyl halides is 1. The standard InChI is InChI=1S/C3H6BFO3/c5-3(1-6)2-8-4-7/h3,6H,1-2H2. The molecule has 5 heteroatoms. The van der Waals surface area contributed by atoms with Gasteiger partial charge in [0.25, 0.3) is 0 Å². The molecule has 3 nitrogen and oxygen atoms in total. The summed E-state index contributed by atoms with van der Waals surface area (Å²) < 4.78 is 25.1. The SMILES string of the molecule is O=BOCC(F)CO. The summed E-state index contributed by atoms with van der Waals surface area (Å²) in [4.78, 5) is 0. The van der Waals surface area contributed by atoms with Crippen LogP contribution in [0.3, 0.4) is 0 Å². The maximum absolute atomic E-state index is 11.8. The molecule has 0 radical (unpaired) electrons. The number of halogens is 1. The van der Waals surface area contributed by atoms with Crippen LogP contribution in [0.15, 0.2) is 0 Å². The molecule has 0 spiro atoms. The molecule has 0 aliphatic carbocycles. The van der Waals surface area contributed by atoms with E-state index < -0.39 is 12.8 Å². The summed E-state index contributed by atoms with van der Waals surface area (Å²) >= 11 is 0. The predicted octanol–water partition coefficient (Wildman–Crippen LogP) is -0.702. The predicted molar refractivity (Wildman–Crippen MR) is 24.4 cm³/mol. The minimum absolute atomic E-state index is 0.141. The van der Waals surface area contributed by atoms with Crippen molar-refractivity contribution in [2.24, 2.45) is 0 Å². The van der Waals surface area contributed by atoms with Crippen LogP contribution in [-0.2, 0) is 9.36 Å². The molecule has 0 aliphatic rings. The molecule has 46 valence electrons. The van der Waals surface area contributed by atoms with Crippen LogP contribution >= 0.6 is 0 Å². The van der Waals surface area contributed by atoms with Gasteiger partial charge in [0.05, 0.1) is 0 Å². The molecule has 8 heavy (non-hydrogen) atoms. The first kappa shape index (κ1) is 7.55. The van der Waals surface area contributed by atoms with Crippen molar-refractivity contribution in [2.45, 2.75) is 6.17 Å². The number of hydrogen-bond donors (Lipinski definition) is 1. The van der Waals surface area contributed by atoms with Gasteiger partial charge in [-0.05, 0) is 0 Å². The number of aliphatic hydroxyl groups is 1. The fraction of sp³-hybridized carbons (Fsp3) is 1.00. The third kappa shape index (κ3) is 3.73. The first-order valence-corrected chi connectivity index (χ1v) is 2.11. The van der Waals surface area contributed by atoms with E-state index in [0.717, 1.165) is 0 Å². The molecule has 1 unspecified atom stereocenters. The van der Waals surface area contributed by atoms with Gasteiger partial charge < -0.3 is 0 Å². The van der Waals surface area contributed by atoms with Crippen molar-refractivity contribution in [2.75, 3.05) is 13.2 Å². The summed E-state index contributed by atoms with van der Waals surface area (Å²) in [5.41, 5.74) is 0. The summed E-state index contributed by atoms with van der Waals surface area (Å²) in [5.74, 6) is 0. The average Bonchev–Trinajstić information content (AvgIpc) is 1.83. The molecule has 0 aromatic carbocycles. The molecular formula is C3H6BFO3. The zero-order valence-electron chi connectivity index (χ0n) is 4.21. The van der Waals surface area contributed by atoms with Crippen LogP contribution in [0.1, 0.15) is 0 Å². The average molecular weight is 120 g/mol. The molecule has 1 atom stereocenters. The Bertz CT molecular complexity index is 69.5. The Hall–Kier alpha value is -0.445. The van der Waals surface area contributed by atoms with Crippen LogP contribution in [0.25, 0.3) is 0 Å². The van der Waals surface area contributed by atoms with E-state index in [2.05, 4.69) is 4.65 Å². The molecule has 0 bridgehead atoms. The van der Waals surface area contributed by atoms with E-state index in [1.54, 1.807) is 0 Å². The molecule has 0 aromatic heterocycles. The van der Waals surface area contributed by atoms with Gasteiger partial charge in [-0.2, -0.15) is 0 Å². The van der Waals surface area contributed by atoms with Crippen molar-refractivity contribution in [3.63, 3.8) is 0 Å². The van der Waals surface area contributed by atoms with E-state index in [4.69, 9.17) is 5.11 Å². The van der Waals surface area contributed by atoms with E-state index >= 15 is 0 Å². The van der Waals surface area contributed by atoms with Gasteiger partial charge in [-0.25, -0.2) is 0 Å². The molecule has 0 heterocycles. The third-order valence-electron chi connectivity index (χ3n) is 0.543. The quantitative estimate of drug-likeness (QED) is 0.498. The topological polar surface area (TPSA) is 46.5 Å². The fourth-order valence-corrected chi connectivity index (χ4v) is 0.196. The fourth-order valence-electron chi connectivity index (χ4n) is 0.196. The number of rotatable bonds is 4. The van der Waals surface area contributed by atoms with Crippen LogP contribution in [0.4, 0.5) is 4.39 Å². The van der Waals surface area contributed by atoms with Crippen molar-refractivity contribution < 1.29 is 18.9 Å². The van der Waals surface area contributed by atoms with Crippen molar-refractivity contribution in [1.82, 2.24) is 0 Å². The maximum atomic E-state index is 11.8. The van der Waals surface area contributed by atoms with Crippen LogP contribution < -0.4 is 0 Å². The van der Waals surface area contributed by atoms with Gasteiger partial charge in [0.15, 0.2) is 0 Å². The Morgan fingerprint density at radius 3 is 2.88 bits per heavy atom. The molecule has 0 amide bonds.